The second-order valence-electron chi connectivity index (χ2n) is 4.44. The molecule has 0 aliphatic heterocycles. The Labute approximate surface area is 122 Å². The van der Waals surface area contributed by atoms with Gasteiger partial charge in [-0.3, -0.25) is 4.79 Å². The first kappa shape index (κ1) is 14.1. The SMILES string of the molecule is CC(NC(=O)c1cccc(C(N)=S)c1)c1nncn1C. The molecule has 1 amide bonds. The third kappa shape index (κ3) is 3.00. The zero-order valence-corrected chi connectivity index (χ0v) is 12.0. The molecular weight excluding hydrogens is 274 g/mol. The van der Waals surface area contributed by atoms with Crippen LogP contribution in [0.3, 0.4) is 0 Å². The van der Waals surface area contributed by atoms with E-state index in [1.165, 1.54) is 0 Å². The Morgan fingerprint density at radius 3 is 2.75 bits per heavy atom. The average molecular weight is 289 g/mol. The molecule has 0 spiro atoms. The number of carbonyl (C=O) groups excluding carboxylic acids is 1. The minimum atomic E-state index is -0.247. The molecule has 0 aliphatic rings. The van der Waals surface area contributed by atoms with Gasteiger partial charge < -0.3 is 15.6 Å². The Morgan fingerprint density at radius 2 is 2.15 bits per heavy atom. The van der Waals surface area contributed by atoms with Crippen molar-refractivity contribution in [3.8, 4) is 0 Å². The van der Waals surface area contributed by atoms with Gasteiger partial charge in [0.2, 0.25) is 0 Å². The highest BCUT2D eigenvalue weighted by molar-refractivity contribution is 7.80. The maximum atomic E-state index is 12.2. The van der Waals surface area contributed by atoms with Crippen molar-refractivity contribution in [3.05, 3.63) is 47.5 Å². The van der Waals surface area contributed by atoms with E-state index in [1.54, 1.807) is 35.2 Å². The molecule has 2 aromatic rings. The van der Waals surface area contributed by atoms with Crippen LogP contribution in [0.1, 0.15) is 34.7 Å². The van der Waals surface area contributed by atoms with Crippen LogP contribution in [-0.2, 0) is 7.05 Å². The van der Waals surface area contributed by atoms with Gasteiger partial charge in [-0.1, -0.05) is 24.4 Å². The number of aromatic nitrogens is 3. The lowest BCUT2D eigenvalue weighted by Gasteiger charge is -2.13. The fraction of sp³-hybridized carbons (Fsp3) is 0.231. The fourth-order valence-electron chi connectivity index (χ4n) is 1.84. The number of nitrogens with zero attached hydrogens (tertiary/aromatic N) is 3. The first-order valence-corrected chi connectivity index (χ1v) is 6.44. The van der Waals surface area contributed by atoms with Crippen LogP contribution in [0.5, 0.6) is 0 Å². The molecule has 1 unspecified atom stereocenters. The minimum Gasteiger partial charge on any atom is -0.389 e. The lowest BCUT2D eigenvalue weighted by atomic mass is 10.1. The molecule has 2 rings (SSSR count). The second kappa shape index (κ2) is 5.79. The van der Waals surface area contributed by atoms with Crippen LogP contribution in [0.15, 0.2) is 30.6 Å². The third-order valence-corrected chi connectivity index (χ3v) is 3.13. The molecule has 0 saturated carbocycles. The monoisotopic (exact) mass is 289 g/mol. The molecule has 1 aromatic heterocycles. The third-order valence-electron chi connectivity index (χ3n) is 2.89. The van der Waals surface area contributed by atoms with E-state index in [1.807, 2.05) is 14.0 Å². The van der Waals surface area contributed by atoms with Gasteiger partial charge in [0.15, 0.2) is 5.82 Å². The van der Waals surface area contributed by atoms with Gasteiger partial charge in [0.1, 0.15) is 11.3 Å². The number of thiocarbonyl (C=S) groups is 1. The van der Waals surface area contributed by atoms with Gasteiger partial charge in [-0.25, -0.2) is 0 Å². The van der Waals surface area contributed by atoms with Crippen molar-refractivity contribution in [2.75, 3.05) is 0 Å². The molecule has 6 nitrogen and oxygen atoms in total. The highest BCUT2D eigenvalue weighted by Crippen LogP contribution is 2.10. The predicted octanol–water partition coefficient (Wildman–Crippen LogP) is 0.940. The average Bonchev–Trinajstić information content (AvgIpc) is 2.85. The number of rotatable bonds is 4. The van der Waals surface area contributed by atoms with Crippen LogP contribution in [0, 0.1) is 0 Å². The highest BCUT2D eigenvalue weighted by Gasteiger charge is 2.15. The number of aryl methyl sites for hydroxylation is 1. The maximum absolute atomic E-state index is 12.2. The van der Waals surface area contributed by atoms with Gasteiger partial charge >= 0.3 is 0 Å². The van der Waals surface area contributed by atoms with E-state index in [0.29, 0.717) is 17.0 Å². The normalized spacial score (nSPS) is 11.9. The summed E-state index contributed by atoms with van der Waals surface area (Å²) in [6, 6.07) is 6.65. The van der Waals surface area contributed by atoms with Crippen molar-refractivity contribution in [2.24, 2.45) is 12.8 Å². The largest absolute Gasteiger partial charge is 0.389 e. The summed E-state index contributed by atoms with van der Waals surface area (Å²) in [4.78, 5) is 12.4. The van der Waals surface area contributed by atoms with Crippen LogP contribution in [0.4, 0.5) is 0 Å². The van der Waals surface area contributed by atoms with Crippen molar-refractivity contribution >= 4 is 23.1 Å². The quantitative estimate of drug-likeness (QED) is 0.818. The van der Waals surface area contributed by atoms with Crippen molar-refractivity contribution in [1.82, 2.24) is 20.1 Å². The Balaban J connectivity index is 2.14. The molecule has 1 heterocycles. The van der Waals surface area contributed by atoms with E-state index in [2.05, 4.69) is 15.5 Å². The number of carbonyl (C=O) groups is 1. The minimum absolute atomic E-state index is 0.210. The number of benzene rings is 1. The van der Waals surface area contributed by atoms with Crippen LogP contribution < -0.4 is 11.1 Å². The lowest BCUT2D eigenvalue weighted by Crippen LogP contribution is -2.28. The van der Waals surface area contributed by atoms with Gasteiger partial charge in [0, 0.05) is 18.2 Å². The Bertz CT molecular complexity index is 652. The summed E-state index contributed by atoms with van der Waals surface area (Å²) in [6.07, 6.45) is 1.59. The van der Waals surface area contributed by atoms with E-state index in [4.69, 9.17) is 18.0 Å². The smallest absolute Gasteiger partial charge is 0.251 e. The van der Waals surface area contributed by atoms with Gasteiger partial charge in [0.25, 0.3) is 5.91 Å². The summed E-state index contributed by atoms with van der Waals surface area (Å²) in [5.74, 6) is 0.474. The summed E-state index contributed by atoms with van der Waals surface area (Å²) in [7, 11) is 1.82. The second-order valence-corrected chi connectivity index (χ2v) is 4.88. The molecule has 0 saturated heterocycles. The van der Waals surface area contributed by atoms with Gasteiger partial charge in [-0.15, -0.1) is 10.2 Å². The maximum Gasteiger partial charge on any atom is 0.251 e. The number of hydrogen-bond acceptors (Lipinski definition) is 4. The standard InChI is InChI=1S/C13H15N5OS/c1-8(12-17-15-7-18(12)2)16-13(19)10-5-3-4-9(6-10)11(14)20/h3-8H,1-2H3,(H2,14,20)(H,16,19). The first-order valence-electron chi connectivity index (χ1n) is 6.03. The summed E-state index contributed by atoms with van der Waals surface area (Å²) < 4.78 is 1.76. The van der Waals surface area contributed by atoms with Crippen LogP contribution in [0.2, 0.25) is 0 Å². The Morgan fingerprint density at radius 1 is 1.45 bits per heavy atom. The summed E-state index contributed by atoms with van der Waals surface area (Å²) in [5, 5.41) is 10.6. The van der Waals surface area contributed by atoms with Crippen molar-refractivity contribution in [2.45, 2.75) is 13.0 Å². The van der Waals surface area contributed by atoms with E-state index in [0.717, 1.165) is 0 Å². The molecule has 104 valence electrons. The van der Waals surface area contributed by atoms with E-state index < -0.39 is 0 Å². The van der Waals surface area contributed by atoms with Crippen molar-refractivity contribution in [1.29, 1.82) is 0 Å². The Kier molecular flexibility index (Phi) is 4.09. The molecule has 0 fully saturated rings. The van der Waals surface area contributed by atoms with Gasteiger partial charge in [-0.05, 0) is 19.1 Å². The van der Waals surface area contributed by atoms with Gasteiger partial charge in [0.05, 0.1) is 6.04 Å². The Hall–Kier alpha value is -2.28. The lowest BCUT2D eigenvalue weighted by molar-refractivity contribution is 0.0937. The van der Waals surface area contributed by atoms with E-state index in [9.17, 15) is 4.79 Å². The predicted molar refractivity (Wildman–Crippen MR) is 79.2 cm³/mol. The summed E-state index contributed by atoms with van der Waals surface area (Å²) in [6.45, 7) is 1.85. The molecule has 7 heteroatoms. The van der Waals surface area contributed by atoms with Gasteiger partial charge in [-0.2, -0.15) is 0 Å². The molecule has 0 radical (unpaired) electrons. The van der Waals surface area contributed by atoms with Crippen molar-refractivity contribution < 1.29 is 4.79 Å². The molecule has 1 aromatic carbocycles. The first-order chi connectivity index (χ1) is 9.49. The van der Waals surface area contributed by atoms with Crippen LogP contribution >= 0.6 is 12.2 Å². The van der Waals surface area contributed by atoms with E-state index >= 15 is 0 Å². The fourth-order valence-corrected chi connectivity index (χ4v) is 1.97. The summed E-state index contributed by atoms with van der Waals surface area (Å²) >= 11 is 4.90. The molecule has 1 atom stereocenters. The number of hydrogen-bond donors (Lipinski definition) is 2. The van der Waals surface area contributed by atoms with E-state index in [-0.39, 0.29) is 16.9 Å². The molecule has 0 bridgehead atoms. The molecular formula is C13H15N5OS. The number of nitrogens with one attached hydrogen (secondary N) is 1. The van der Waals surface area contributed by atoms with Crippen LogP contribution in [0.25, 0.3) is 0 Å². The summed E-state index contributed by atoms with van der Waals surface area (Å²) in [5.41, 5.74) is 6.73. The zero-order chi connectivity index (χ0) is 14.7. The topological polar surface area (TPSA) is 85.8 Å². The van der Waals surface area contributed by atoms with Crippen molar-refractivity contribution in [3.63, 3.8) is 0 Å². The molecule has 0 aliphatic carbocycles. The number of nitrogens with two attached hydrogens (primary N) is 1. The number of amides is 1. The van der Waals surface area contributed by atoms with Crippen LogP contribution in [-0.4, -0.2) is 25.7 Å². The molecule has 20 heavy (non-hydrogen) atoms. The highest BCUT2D eigenvalue weighted by atomic mass is 32.1. The molecule has 3 N–H and O–H groups in total. The zero-order valence-electron chi connectivity index (χ0n) is 11.2.